The number of rotatable bonds is 2. The molecule has 0 aliphatic rings. The first kappa shape index (κ1) is 13.9. The van der Waals surface area contributed by atoms with Crippen molar-refractivity contribution in [1.29, 1.82) is 0 Å². The summed E-state index contributed by atoms with van der Waals surface area (Å²) in [5.41, 5.74) is -0.831. The molecule has 104 valence electrons. The molecule has 8 heteroatoms. The molecule has 0 aliphatic heterocycles. The van der Waals surface area contributed by atoms with Gasteiger partial charge in [-0.1, -0.05) is 6.07 Å². The molecule has 0 amide bonds. The number of sulfone groups is 1. The van der Waals surface area contributed by atoms with Crippen LogP contribution in [0.4, 0.5) is 13.2 Å². The van der Waals surface area contributed by atoms with E-state index in [0.717, 1.165) is 6.26 Å². The van der Waals surface area contributed by atoms with E-state index in [9.17, 15) is 21.6 Å². The molecule has 2 aromatic rings. The van der Waals surface area contributed by atoms with Crippen LogP contribution >= 0.6 is 0 Å². The summed E-state index contributed by atoms with van der Waals surface area (Å²) in [7, 11) is -3.60. The highest BCUT2D eigenvalue weighted by molar-refractivity contribution is 7.89. The number of imidazole rings is 1. The summed E-state index contributed by atoms with van der Waals surface area (Å²) >= 11 is 0. The van der Waals surface area contributed by atoms with E-state index in [-0.39, 0.29) is 11.3 Å². The monoisotopic (exact) mass is 292 g/mol. The molecular weight excluding hydrogens is 281 g/mol. The zero-order valence-corrected chi connectivity index (χ0v) is 11.0. The van der Waals surface area contributed by atoms with Gasteiger partial charge >= 0.3 is 6.18 Å². The van der Waals surface area contributed by atoms with Crippen molar-refractivity contribution in [2.24, 2.45) is 0 Å². The van der Waals surface area contributed by atoms with E-state index in [1.54, 1.807) is 19.1 Å². The average Bonchev–Trinajstić information content (AvgIpc) is 2.56. The standard InChI is InChI=1S/C11H11F3N2O2S/c1-7-4-3-5-16-8(6-19(2,17)18)9(11(12,13)14)15-10(7)16/h3-5H,6H2,1-2H3. The SMILES string of the molecule is Cc1cccn2c(CS(C)(=O)=O)c(C(F)(F)F)nc12. The van der Waals surface area contributed by atoms with Crippen LogP contribution in [-0.4, -0.2) is 24.1 Å². The molecule has 4 nitrogen and oxygen atoms in total. The normalized spacial score (nSPS) is 13.1. The van der Waals surface area contributed by atoms with Gasteiger partial charge in [0.25, 0.3) is 0 Å². The summed E-state index contributed by atoms with van der Waals surface area (Å²) < 4.78 is 62.5. The highest BCUT2D eigenvalue weighted by atomic mass is 32.2. The van der Waals surface area contributed by atoms with Crippen LogP contribution in [0.1, 0.15) is 17.0 Å². The Morgan fingerprint density at radius 1 is 1.37 bits per heavy atom. The lowest BCUT2D eigenvalue weighted by Crippen LogP contribution is -2.13. The Bertz CT molecular complexity index is 732. The lowest BCUT2D eigenvalue weighted by Gasteiger charge is -2.06. The number of pyridine rings is 1. The van der Waals surface area contributed by atoms with E-state index in [2.05, 4.69) is 4.98 Å². The van der Waals surface area contributed by atoms with Gasteiger partial charge in [0.05, 0.1) is 11.4 Å². The van der Waals surface area contributed by atoms with Gasteiger partial charge in [0.1, 0.15) is 5.65 Å². The second kappa shape index (κ2) is 4.22. The van der Waals surface area contributed by atoms with E-state index in [1.165, 1.54) is 10.6 Å². The average molecular weight is 292 g/mol. The Morgan fingerprint density at radius 2 is 2.00 bits per heavy atom. The fraction of sp³-hybridized carbons (Fsp3) is 0.364. The smallest absolute Gasteiger partial charge is 0.302 e. The van der Waals surface area contributed by atoms with Crippen molar-refractivity contribution in [2.45, 2.75) is 18.9 Å². The molecule has 2 heterocycles. The topological polar surface area (TPSA) is 51.4 Å². The maximum Gasteiger partial charge on any atom is 0.435 e. The summed E-state index contributed by atoms with van der Waals surface area (Å²) in [5.74, 6) is -0.702. The number of halogens is 3. The zero-order valence-electron chi connectivity index (χ0n) is 10.2. The lowest BCUT2D eigenvalue weighted by molar-refractivity contribution is -0.141. The van der Waals surface area contributed by atoms with Gasteiger partial charge < -0.3 is 4.40 Å². The van der Waals surface area contributed by atoms with Gasteiger partial charge in [0.2, 0.25) is 0 Å². The van der Waals surface area contributed by atoms with Crippen LogP contribution in [-0.2, 0) is 21.8 Å². The third kappa shape index (κ3) is 2.73. The fourth-order valence-electron chi connectivity index (χ4n) is 1.87. The molecular formula is C11H11F3N2O2S. The first-order chi connectivity index (χ1) is 8.59. The predicted molar refractivity (Wildman–Crippen MR) is 63.5 cm³/mol. The van der Waals surface area contributed by atoms with Crippen LogP contribution in [0.15, 0.2) is 18.3 Å². The molecule has 0 saturated carbocycles. The van der Waals surface area contributed by atoms with Crippen LogP contribution in [0, 0.1) is 6.92 Å². The Hall–Kier alpha value is -1.57. The van der Waals surface area contributed by atoms with Crippen LogP contribution in [0.3, 0.4) is 0 Å². The maximum atomic E-state index is 12.9. The zero-order chi connectivity index (χ0) is 14.4. The van der Waals surface area contributed by atoms with Crippen molar-refractivity contribution in [1.82, 2.24) is 9.38 Å². The molecule has 0 aromatic carbocycles. The number of alkyl halides is 3. The molecule has 19 heavy (non-hydrogen) atoms. The lowest BCUT2D eigenvalue weighted by atomic mass is 10.3. The Balaban J connectivity index is 2.80. The van der Waals surface area contributed by atoms with Crippen molar-refractivity contribution in [3.8, 4) is 0 Å². The molecule has 0 spiro atoms. The minimum atomic E-state index is -4.68. The molecule has 2 aromatic heterocycles. The van der Waals surface area contributed by atoms with Gasteiger partial charge in [-0.25, -0.2) is 13.4 Å². The molecule has 0 N–H and O–H groups in total. The van der Waals surface area contributed by atoms with Crippen LogP contribution in [0.2, 0.25) is 0 Å². The van der Waals surface area contributed by atoms with Gasteiger partial charge in [-0.05, 0) is 18.6 Å². The van der Waals surface area contributed by atoms with Gasteiger partial charge in [0, 0.05) is 12.5 Å². The first-order valence-electron chi connectivity index (χ1n) is 5.31. The molecule has 0 fully saturated rings. The van der Waals surface area contributed by atoms with Crippen molar-refractivity contribution >= 4 is 15.5 Å². The molecule has 0 radical (unpaired) electrons. The minimum absolute atomic E-state index is 0.119. The third-order valence-corrected chi connectivity index (χ3v) is 3.41. The van der Waals surface area contributed by atoms with E-state index in [4.69, 9.17) is 0 Å². The third-order valence-electron chi connectivity index (χ3n) is 2.61. The van der Waals surface area contributed by atoms with E-state index in [1.807, 2.05) is 0 Å². The molecule has 0 atom stereocenters. The number of hydrogen-bond acceptors (Lipinski definition) is 3. The van der Waals surface area contributed by atoms with Gasteiger partial charge in [-0.15, -0.1) is 0 Å². The van der Waals surface area contributed by atoms with Crippen LogP contribution < -0.4 is 0 Å². The Labute approximate surface area is 107 Å². The van der Waals surface area contributed by atoms with Gasteiger partial charge in [-0.3, -0.25) is 0 Å². The Morgan fingerprint density at radius 3 is 2.53 bits per heavy atom. The van der Waals surface area contributed by atoms with Crippen molar-refractivity contribution in [3.63, 3.8) is 0 Å². The first-order valence-corrected chi connectivity index (χ1v) is 7.37. The second-order valence-electron chi connectivity index (χ2n) is 4.36. The summed E-state index contributed by atoms with van der Waals surface area (Å²) in [6, 6.07) is 3.17. The van der Waals surface area contributed by atoms with Crippen LogP contribution in [0.5, 0.6) is 0 Å². The van der Waals surface area contributed by atoms with Crippen molar-refractivity contribution < 1.29 is 21.6 Å². The number of aromatic nitrogens is 2. The molecule has 2 rings (SSSR count). The highest BCUT2D eigenvalue weighted by Gasteiger charge is 2.38. The summed E-state index contributed by atoms with van der Waals surface area (Å²) in [6.45, 7) is 1.62. The molecule has 0 unspecified atom stereocenters. The van der Waals surface area contributed by atoms with Crippen molar-refractivity contribution in [2.75, 3.05) is 6.26 Å². The fourth-order valence-corrected chi connectivity index (χ4v) is 2.64. The van der Waals surface area contributed by atoms with Gasteiger partial charge in [-0.2, -0.15) is 13.2 Å². The predicted octanol–water partition coefficient (Wildman–Crippen LogP) is 2.21. The quantitative estimate of drug-likeness (QED) is 0.852. The Kier molecular flexibility index (Phi) is 3.08. The van der Waals surface area contributed by atoms with Gasteiger partial charge in [0.15, 0.2) is 15.5 Å². The highest BCUT2D eigenvalue weighted by Crippen LogP contribution is 2.33. The van der Waals surface area contributed by atoms with E-state index < -0.39 is 27.5 Å². The number of nitrogens with zero attached hydrogens (tertiary/aromatic N) is 2. The minimum Gasteiger partial charge on any atom is -0.302 e. The molecule has 0 saturated heterocycles. The number of aryl methyl sites for hydroxylation is 1. The molecule has 0 bridgehead atoms. The largest absolute Gasteiger partial charge is 0.435 e. The number of hydrogen-bond donors (Lipinski definition) is 0. The molecule has 0 aliphatic carbocycles. The summed E-state index contributed by atoms with van der Waals surface area (Å²) in [5, 5.41) is 0. The number of fused-ring (bicyclic) bond motifs is 1. The van der Waals surface area contributed by atoms with Crippen molar-refractivity contribution in [3.05, 3.63) is 35.3 Å². The van der Waals surface area contributed by atoms with Crippen LogP contribution in [0.25, 0.3) is 5.65 Å². The van der Waals surface area contributed by atoms with E-state index in [0.29, 0.717) is 5.56 Å². The van der Waals surface area contributed by atoms with E-state index >= 15 is 0 Å². The summed E-state index contributed by atoms with van der Waals surface area (Å²) in [4.78, 5) is 3.54. The second-order valence-corrected chi connectivity index (χ2v) is 6.50. The maximum absolute atomic E-state index is 12.9. The summed E-state index contributed by atoms with van der Waals surface area (Å²) in [6.07, 6.45) is -2.41.